The Morgan fingerprint density at radius 3 is 1.09 bits per heavy atom. The number of benzene rings is 7. The molecule has 0 atom stereocenters. The fourth-order valence-electron chi connectivity index (χ4n) is 5.99. The lowest BCUT2D eigenvalue weighted by Crippen LogP contribution is -1.95. The largest absolute Gasteiger partial charge is 0.228 e. The van der Waals surface area contributed by atoms with E-state index in [1.54, 1.807) is 0 Å². The number of hydrogen-bond donors (Lipinski definition) is 0. The standard InChI is InChI=1S/C44H30N2/c1-4-10-31(11-5-1)32-16-18-33(19-17-32)39-26-22-35-23-27-40(29-41(35)28-39)34-20-24-37(25-21-34)43-30-42(36-12-6-2-7-13-36)45-44(46-43)38-14-8-3-9-15-38/h1-30H. The lowest BCUT2D eigenvalue weighted by atomic mass is 9.96. The molecule has 2 heteroatoms. The Bertz CT molecular complexity index is 2200. The van der Waals surface area contributed by atoms with Gasteiger partial charge in [0.1, 0.15) is 0 Å². The molecule has 0 fully saturated rings. The van der Waals surface area contributed by atoms with E-state index in [2.05, 4.69) is 146 Å². The van der Waals surface area contributed by atoms with Gasteiger partial charge in [-0.3, -0.25) is 0 Å². The number of hydrogen-bond acceptors (Lipinski definition) is 2. The van der Waals surface area contributed by atoms with E-state index in [-0.39, 0.29) is 0 Å². The van der Waals surface area contributed by atoms with Gasteiger partial charge in [0, 0.05) is 16.7 Å². The third kappa shape index (κ3) is 5.60. The monoisotopic (exact) mass is 586 g/mol. The summed E-state index contributed by atoms with van der Waals surface area (Å²) in [5, 5.41) is 2.45. The Hall–Kier alpha value is -6.12. The first kappa shape index (κ1) is 27.4. The number of nitrogens with zero attached hydrogens (tertiary/aromatic N) is 2. The molecule has 0 saturated carbocycles. The van der Waals surface area contributed by atoms with Crippen LogP contribution in [0.2, 0.25) is 0 Å². The van der Waals surface area contributed by atoms with Gasteiger partial charge in [-0.2, -0.15) is 0 Å². The summed E-state index contributed by atoms with van der Waals surface area (Å²) in [6.45, 7) is 0. The van der Waals surface area contributed by atoms with Crippen molar-refractivity contribution in [2.24, 2.45) is 0 Å². The van der Waals surface area contributed by atoms with Gasteiger partial charge in [-0.25, -0.2) is 9.97 Å². The van der Waals surface area contributed by atoms with Crippen LogP contribution >= 0.6 is 0 Å². The van der Waals surface area contributed by atoms with Gasteiger partial charge in [0.05, 0.1) is 11.4 Å². The van der Waals surface area contributed by atoms with Crippen LogP contribution in [0.5, 0.6) is 0 Å². The highest BCUT2D eigenvalue weighted by Crippen LogP contribution is 2.32. The second kappa shape index (κ2) is 12.1. The van der Waals surface area contributed by atoms with Gasteiger partial charge >= 0.3 is 0 Å². The molecule has 0 aliphatic rings. The van der Waals surface area contributed by atoms with E-state index in [1.165, 1.54) is 44.2 Å². The summed E-state index contributed by atoms with van der Waals surface area (Å²) < 4.78 is 0. The van der Waals surface area contributed by atoms with E-state index in [9.17, 15) is 0 Å². The molecule has 8 aromatic rings. The predicted molar refractivity (Wildman–Crippen MR) is 192 cm³/mol. The van der Waals surface area contributed by atoms with Crippen LogP contribution in [0.3, 0.4) is 0 Å². The van der Waals surface area contributed by atoms with Crippen molar-refractivity contribution in [3.05, 3.63) is 182 Å². The molecule has 2 nitrogen and oxygen atoms in total. The Morgan fingerprint density at radius 2 is 0.587 bits per heavy atom. The van der Waals surface area contributed by atoms with Crippen molar-refractivity contribution in [2.45, 2.75) is 0 Å². The molecule has 0 amide bonds. The second-order valence-corrected chi connectivity index (χ2v) is 11.5. The molecule has 1 heterocycles. The zero-order chi connectivity index (χ0) is 30.7. The first-order chi connectivity index (χ1) is 22.8. The zero-order valence-electron chi connectivity index (χ0n) is 25.2. The van der Waals surface area contributed by atoms with Crippen molar-refractivity contribution >= 4 is 10.8 Å². The third-order valence-corrected chi connectivity index (χ3v) is 8.51. The van der Waals surface area contributed by atoms with Crippen LogP contribution in [-0.4, -0.2) is 9.97 Å². The minimum absolute atomic E-state index is 0.723. The smallest absolute Gasteiger partial charge is 0.160 e. The average molecular weight is 587 g/mol. The normalized spacial score (nSPS) is 11.0. The van der Waals surface area contributed by atoms with Crippen LogP contribution in [0.25, 0.3) is 78.1 Å². The molecule has 0 spiro atoms. The zero-order valence-corrected chi connectivity index (χ0v) is 25.2. The first-order valence-corrected chi connectivity index (χ1v) is 15.6. The highest BCUT2D eigenvalue weighted by Gasteiger charge is 2.11. The summed E-state index contributed by atoms with van der Waals surface area (Å²) in [6, 6.07) is 64.0. The fourth-order valence-corrected chi connectivity index (χ4v) is 5.99. The summed E-state index contributed by atoms with van der Waals surface area (Å²) in [6.07, 6.45) is 0. The van der Waals surface area contributed by atoms with Gasteiger partial charge in [-0.05, 0) is 62.4 Å². The molecular weight excluding hydrogens is 556 g/mol. The van der Waals surface area contributed by atoms with Gasteiger partial charge in [-0.1, -0.05) is 164 Å². The number of aromatic nitrogens is 2. The molecule has 7 aromatic carbocycles. The summed E-state index contributed by atoms with van der Waals surface area (Å²) >= 11 is 0. The van der Waals surface area contributed by atoms with Crippen LogP contribution < -0.4 is 0 Å². The van der Waals surface area contributed by atoms with Crippen molar-refractivity contribution in [1.29, 1.82) is 0 Å². The van der Waals surface area contributed by atoms with E-state index in [1.807, 2.05) is 36.4 Å². The molecule has 46 heavy (non-hydrogen) atoms. The molecule has 216 valence electrons. The maximum atomic E-state index is 4.99. The molecule has 1 aromatic heterocycles. The fraction of sp³-hybridized carbons (Fsp3) is 0. The van der Waals surface area contributed by atoms with Crippen LogP contribution in [0.15, 0.2) is 182 Å². The molecular formula is C44H30N2. The van der Waals surface area contributed by atoms with Gasteiger partial charge < -0.3 is 0 Å². The molecule has 0 saturated heterocycles. The number of fused-ring (bicyclic) bond motifs is 1. The lowest BCUT2D eigenvalue weighted by molar-refractivity contribution is 1.18. The maximum Gasteiger partial charge on any atom is 0.160 e. The second-order valence-electron chi connectivity index (χ2n) is 11.5. The highest BCUT2D eigenvalue weighted by atomic mass is 14.9. The van der Waals surface area contributed by atoms with E-state index in [4.69, 9.17) is 9.97 Å². The van der Waals surface area contributed by atoms with Gasteiger partial charge in [0.15, 0.2) is 5.82 Å². The summed E-state index contributed by atoms with van der Waals surface area (Å²) in [4.78, 5) is 9.92. The van der Waals surface area contributed by atoms with E-state index >= 15 is 0 Å². The minimum atomic E-state index is 0.723. The predicted octanol–water partition coefficient (Wildman–Crippen LogP) is 11.6. The molecule has 0 aliphatic carbocycles. The molecule has 0 unspecified atom stereocenters. The van der Waals surface area contributed by atoms with Crippen LogP contribution in [-0.2, 0) is 0 Å². The van der Waals surface area contributed by atoms with Crippen molar-refractivity contribution in [2.75, 3.05) is 0 Å². The quantitative estimate of drug-likeness (QED) is 0.194. The summed E-state index contributed by atoms with van der Waals surface area (Å²) in [7, 11) is 0. The Balaban J connectivity index is 1.11. The lowest BCUT2D eigenvalue weighted by Gasteiger charge is -2.11. The third-order valence-electron chi connectivity index (χ3n) is 8.51. The van der Waals surface area contributed by atoms with Crippen molar-refractivity contribution in [1.82, 2.24) is 9.97 Å². The van der Waals surface area contributed by atoms with Crippen molar-refractivity contribution in [3.8, 4) is 67.3 Å². The van der Waals surface area contributed by atoms with E-state index in [0.717, 1.165) is 33.9 Å². The van der Waals surface area contributed by atoms with Gasteiger partial charge in [0.2, 0.25) is 0 Å². The Morgan fingerprint density at radius 1 is 0.239 bits per heavy atom. The maximum absolute atomic E-state index is 4.99. The van der Waals surface area contributed by atoms with E-state index < -0.39 is 0 Å². The highest BCUT2D eigenvalue weighted by molar-refractivity contribution is 5.91. The Labute approximate surface area is 269 Å². The molecule has 0 N–H and O–H groups in total. The molecule has 0 radical (unpaired) electrons. The molecule has 0 bridgehead atoms. The Kier molecular flexibility index (Phi) is 7.22. The van der Waals surface area contributed by atoms with Crippen molar-refractivity contribution in [3.63, 3.8) is 0 Å². The molecule has 0 aliphatic heterocycles. The SMILES string of the molecule is c1ccc(-c2ccc(-c3ccc4ccc(-c5ccc(-c6cc(-c7ccccc7)nc(-c7ccccc7)n6)cc5)cc4c3)cc2)cc1. The summed E-state index contributed by atoms with van der Waals surface area (Å²) in [5.74, 6) is 0.723. The minimum Gasteiger partial charge on any atom is -0.228 e. The first-order valence-electron chi connectivity index (χ1n) is 15.6. The van der Waals surface area contributed by atoms with Crippen LogP contribution in [0.1, 0.15) is 0 Å². The average Bonchev–Trinajstić information content (AvgIpc) is 3.15. The van der Waals surface area contributed by atoms with Crippen LogP contribution in [0.4, 0.5) is 0 Å². The number of rotatable bonds is 6. The van der Waals surface area contributed by atoms with Crippen LogP contribution in [0, 0.1) is 0 Å². The van der Waals surface area contributed by atoms with Crippen molar-refractivity contribution < 1.29 is 0 Å². The van der Waals surface area contributed by atoms with E-state index in [0.29, 0.717) is 0 Å². The molecule has 8 rings (SSSR count). The summed E-state index contributed by atoms with van der Waals surface area (Å²) in [5.41, 5.74) is 12.2. The van der Waals surface area contributed by atoms with Gasteiger partial charge in [0.25, 0.3) is 0 Å². The van der Waals surface area contributed by atoms with Gasteiger partial charge in [-0.15, -0.1) is 0 Å². The topological polar surface area (TPSA) is 25.8 Å².